The fourth-order valence-electron chi connectivity index (χ4n) is 3.23. The van der Waals surface area contributed by atoms with E-state index in [2.05, 4.69) is 44.5 Å². The van der Waals surface area contributed by atoms with Gasteiger partial charge in [0, 0.05) is 37.2 Å². The van der Waals surface area contributed by atoms with Crippen LogP contribution in [0.2, 0.25) is 0 Å². The first kappa shape index (κ1) is 22.2. The average molecular weight is 422 g/mol. The Balaban J connectivity index is 1.71. The van der Waals surface area contributed by atoms with Crippen molar-refractivity contribution < 1.29 is 9.47 Å². The molecule has 2 N–H and O–H groups in total. The van der Waals surface area contributed by atoms with Gasteiger partial charge in [-0.2, -0.15) is 0 Å². The molecule has 0 fully saturated rings. The molecule has 3 aromatic rings. The summed E-state index contributed by atoms with van der Waals surface area (Å²) < 4.78 is 13.2. The maximum Gasteiger partial charge on any atom is 0.196 e. The molecule has 0 bridgehead atoms. The van der Waals surface area contributed by atoms with Crippen LogP contribution in [-0.4, -0.2) is 35.8 Å². The van der Waals surface area contributed by atoms with Crippen LogP contribution in [0.25, 0.3) is 0 Å². The third kappa shape index (κ3) is 6.25. The molecule has 1 aromatic heterocycles. The van der Waals surface area contributed by atoms with Crippen molar-refractivity contribution in [1.29, 1.82) is 0 Å². The highest BCUT2D eigenvalue weighted by Crippen LogP contribution is 2.30. The number of nitrogens with one attached hydrogen (secondary N) is 2. The number of hydrogen-bond donors (Lipinski definition) is 2. The molecule has 0 aliphatic carbocycles. The smallest absolute Gasteiger partial charge is 0.196 e. The molecule has 7 heteroatoms. The Hall–Kier alpha value is -3.48. The summed E-state index contributed by atoms with van der Waals surface area (Å²) in [7, 11) is 1.64. The zero-order chi connectivity index (χ0) is 22.1. The molecule has 0 aliphatic heterocycles. The van der Waals surface area contributed by atoms with Crippen molar-refractivity contribution in [2.75, 3.05) is 25.6 Å². The Morgan fingerprint density at radius 2 is 1.94 bits per heavy atom. The van der Waals surface area contributed by atoms with E-state index in [1.807, 2.05) is 51.4 Å². The summed E-state index contributed by atoms with van der Waals surface area (Å²) in [5.74, 6) is 3.13. The zero-order valence-corrected chi connectivity index (χ0v) is 18.7. The third-order valence-electron chi connectivity index (χ3n) is 4.76. The van der Waals surface area contributed by atoms with Gasteiger partial charge in [0.05, 0.1) is 20.3 Å². The zero-order valence-electron chi connectivity index (χ0n) is 18.7. The Morgan fingerprint density at radius 3 is 2.65 bits per heavy atom. The topological polar surface area (TPSA) is 72.7 Å². The van der Waals surface area contributed by atoms with Crippen LogP contribution in [-0.2, 0) is 13.1 Å². The van der Waals surface area contributed by atoms with E-state index in [1.165, 1.54) is 5.56 Å². The van der Waals surface area contributed by atoms with Crippen LogP contribution in [0.3, 0.4) is 0 Å². The molecular weight excluding hydrogens is 390 g/mol. The van der Waals surface area contributed by atoms with Gasteiger partial charge in [-0.05, 0) is 44.0 Å². The van der Waals surface area contributed by atoms with Gasteiger partial charge >= 0.3 is 0 Å². The standard InChI is InChI=1S/C24H31N5O2/c1-5-25-24(28-21-10-11-22(31-6-2)23(15-21)30-4)27-16-19-8-7-9-20(14-19)17-29-13-12-26-18(29)3/h7-15H,5-6,16-17H2,1-4H3,(H2,25,27,28). The fraction of sp³-hybridized carbons (Fsp3) is 0.333. The number of imidazole rings is 1. The molecule has 2 aromatic carbocycles. The van der Waals surface area contributed by atoms with Crippen molar-refractivity contribution in [2.45, 2.75) is 33.9 Å². The first-order valence-electron chi connectivity index (χ1n) is 10.5. The van der Waals surface area contributed by atoms with Gasteiger partial charge in [0.1, 0.15) is 5.82 Å². The number of benzene rings is 2. The third-order valence-corrected chi connectivity index (χ3v) is 4.76. The van der Waals surface area contributed by atoms with E-state index in [0.717, 1.165) is 35.9 Å². The molecule has 0 saturated carbocycles. The SMILES string of the molecule is CCNC(=NCc1cccc(Cn2ccnc2C)c1)Nc1ccc(OCC)c(OC)c1. The number of rotatable bonds is 9. The summed E-state index contributed by atoms with van der Waals surface area (Å²) in [5, 5.41) is 6.64. The molecule has 0 amide bonds. The number of aryl methyl sites for hydroxylation is 1. The van der Waals surface area contributed by atoms with Crippen molar-refractivity contribution in [3.63, 3.8) is 0 Å². The highest BCUT2D eigenvalue weighted by molar-refractivity contribution is 5.93. The minimum atomic E-state index is 0.570. The molecule has 0 saturated heterocycles. The second-order valence-electron chi connectivity index (χ2n) is 7.04. The summed E-state index contributed by atoms with van der Waals surface area (Å²) in [5.41, 5.74) is 3.25. The second-order valence-corrected chi connectivity index (χ2v) is 7.04. The first-order chi connectivity index (χ1) is 15.1. The lowest BCUT2D eigenvalue weighted by molar-refractivity contribution is 0.311. The van der Waals surface area contributed by atoms with Gasteiger partial charge in [0.25, 0.3) is 0 Å². The maximum absolute atomic E-state index is 5.59. The molecular formula is C24H31N5O2. The van der Waals surface area contributed by atoms with Crippen LogP contribution < -0.4 is 20.1 Å². The number of aromatic nitrogens is 2. The fourth-order valence-corrected chi connectivity index (χ4v) is 3.23. The van der Waals surface area contributed by atoms with Crippen molar-refractivity contribution in [1.82, 2.24) is 14.9 Å². The van der Waals surface area contributed by atoms with E-state index in [-0.39, 0.29) is 0 Å². The number of methoxy groups -OCH3 is 1. The van der Waals surface area contributed by atoms with E-state index >= 15 is 0 Å². The first-order valence-corrected chi connectivity index (χ1v) is 10.5. The van der Waals surface area contributed by atoms with Crippen LogP contribution in [0.1, 0.15) is 30.8 Å². The molecule has 3 rings (SSSR count). The number of anilines is 1. The van der Waals surface area contributed by atoms with Gasteiger partial charge in [0.15, 0.2) is 17.5 Å². The number of guanidine groups is 1. The predicted octanol–water partition coefficient (Wildman–Crippen LogP) is 4.22. The maximum atomic E-state index is 5.59. The van der Waals surface area contributed by atoms with Crippen LogP contribution in [0.5, 0.6) is 11.5 Å². The molecule has 0 radical (unpaired) electrons. The summed E-state index contributed by atoms with van der Waals surface area (Å²) in [6.07, 6.45) is 3.83. The minimum absolute atomic E-state index is 0.570. The van der Waals surface area contributed by atoms with Gasteiger partial charge in [0.2, 0.25) is 0 Å². The average Bonchev–Trinajstić information content (AvgIpc) is 3.18. The van der Waals surface area contributed by atoms with Crippen molar-refractivity contribution >= 4 is 11.6 Å². The second kappa shape index (κ2) is 11.1. The Bertz CT molecular complexity index is 1010. The van der Waals surface area contributed by atoms with Gasteiger partial charge in [-0.1, -0.05) is 24.3 Å². The molecule has 31 heavy (non-hydrogen) atoms. The monoisotopic (exact) mass is 421 g/mol. The summed E-state index contributed by atoms with van der Waals surface area (Å²) in [6, 6.07) is 14.2. The summed E-state index contributed by atoms with van der Waals surface area (Å²) in [6.45, 7) is 8.73. The number of nitrogens with zero attached hydrogens (tertiary/aromatic N) is 3. The Morgan fingerprint density at radius 1 is 1.10 bits per heavy atom. The highest BCUT2D eigenvalue weighted by Gasteiger charge is 2.07. The molecule has 0 atom stereocenters. The predicted molar refractivity (Wildman–Crippen MR) is 125 cm³/mol. The van der Waals surface area contributed by atoms with E-state index < -0.39 is 0 Å². The minimum Gasteiger partial charge on any atom is -0.493 e. The molecule has 7 nitrogen and oxygen atoms in total. The quantitative estimate of drug-likeness (QED) is 0.400. The van der Waals surface area contributed by atoms with Crippen LogP contribution in [0, 0.1) is 6.92 Å². The molecule has 0 spiro atoms. The normalized spacial score (nSPS) is 11.3. The highest BCUT2D eigenvalue weighted by atomic mass is 16.5. The van der Waals surface area contributed by atoms with Gasteiger partial charge < -0.3 is 24.7 Å². The van der Waals surface area contributed by atoms with Gasteiger partial charge in [-0.3, -0.25) is 0 Å². The van der Waals surface area contributed by atoms with Crippen molar-refractivity contribution in [2.24, 2.45) is 4.99 Å². The lowest BCUT2D eigenvalue weighted by atomic mass is 10.1. The largest absolute Gasteiger partial charge is 0.493 e. The Kier molecular flexibility index (Phi) is 7.92. The van der Waals surface area contributed by atoms with Gasteiger partial charge in [-0.15, -0.1) is 0 Å². The lowest BCUT2D eigenvalue weighted by Gasteiger charge is -2.14. The lowest BCUT2D eigenvalue weighted by Crippen LogP contribution is -2.30. The Labute approximate surface area is 184 Å². The van der Waals surface area contributed by atoms with Gasteiger partial charge in [-0.25, -0.2) is 9.98 Å². The van der Waals surface area contributed by atoms with Crippen molar-refractivity contribution in [3.05, 3.63) is 71.8 Å². The van der Waals surface area contributed by atoms with Crippen molar-refractivity contribution in [3.8, 4) is 11.5 Å². The molecule has 164 valence electrons. The number of ether oxygens (including phenoxy) is 2. The molecule has 0 unspecified atom stereocenters. The van der Waals surface area contributed by atoms with E-state index in [9.17, 15) is 0 Å². The van der Waals surface area contributed by atoms with E-state index in [1.54, 1.807) is 7.11 Å². The van der Waals surface area contributed by atoms with E-state index in [4.69, 9.17) is 14.5 Å². The molecule has 1 heterocycles. The molecule has 0 aliphatic rings. The van der Waals surface area contributed by atoms with Crippen LogP contribution in [0.15, 0.2) is 59.9 Å². The number of hydrogen-bond acceptors (Lipinski definition) is 4. The summed E-state index contributed by atoms with van der Waals surface area (Å²) in [4.78, 5) is 9.04. The number of aliphatic imine (C=N–C) groups is 1. The van der Waals surface area contributed by atoms with E-state index in [0.29, 0.717) is 24.9 Å². The summed E-state index contributed by atoms with van der Waals surface area (Å²) >= 11 is 0. The van der Waals surface area contributed by atoms with Crippen LogP contribution >= 0.6 is 0 Å². The van der Waals surface area contributed by atoms with Crippen LogP contribution in [0.4, 0.5) is 5.69 Å².